The molecular weight excluding hydrogens is 252 g/mol. The molecule has 1 N–H and O–H groups in total. The summed E-state index contributed by atoms with van der Waals surface area (Å²) in [7, 11) is 1.76. The Kier molecular flexibility index (Phi) is 3.76. The molecule has 1 aliphatic heterocycles. The molecule has 2 fully saturated rings. The van der Waals surface area contributed by atoms with Gasteiger partial charge in [0.15, 0.2) is 0 Å². The lowest BCUT2D eigenvalue weighted by Crippen LogP contribution is -2.42. The third-order valence-electron chi connectivity index (χ3n) is 4.54. The summed E-state index contributed by atoms with van der Waals surface area (Å²) in [5.41, 5.74) is 1.05. The van der Waals surface area contributed by atoms with Crippen LogP contribution >= 0.6 is 0 Å². The largest absolute Gasteiger partial charge is 0.381 e. The number of ether oxygens (including phenoxy) is 1. The van der Waals surface area contributed by atoms with Crippen molar-refractivity contribution >= 4 is 5.91 Å². The molecule has 4 atom stereocenters. The first-order valence-electron chi connectivity index (χ1n) is 7.36. The normalized spacial score (nSPS) is 33.9. The fourth-order valence-corrected chi connectivity index (χ4v) is 3.50. The molecule has 0 radical (unpaired) electrons. The number of hydrogen-bond donors (Lipinski definition) is 1. The highest BCUT2D eigenvalue weighted by Gasteiger charge is 2.43. The molecule has 1 aliphatic carbocycles. The summed E-state index contributed by atoms with van der Waals surface area (Å²) in [5.74, 6) is 0.199. The summed E-state index contributed by atoms with van der Waals surface area (Å²) in [5, 5.41) is 3.42. The zero-order chi connectivity index (χ0) is 14.1. The van der Waals surface area contributed by atoms with Gasteiger partial charge in [0.05, 0.1) is 12.3 Å². The first-order valence-corrected chi connectivity index (χ1v) is 7.36. The zero-order valence-corrected chi connectivity index (χ0v) is 12.1. The molecule has 4 nitrogen and oxygen atoms in total. The fourth-order valence-electron chi connectivity index (χ4n) is 3.50. The number of hydrogen-bond acceptors (Lipinski definition) is 3. The van der Waals surface area contributed by atoms with Crippen LogP contribution in [-0.2, 0) is 9.53 Å². The van der Waals surface area contributed by atoms with Crippen LogP contribution in [0.15, 0.2) is 30.3 Å². The van der Waals surface area contributed by atoms with Crippen LogP contribution in [0.5, 0.6) is 0 Å². The molecule has 1 saturated carbocycles. The Morgan fingerprint density at radius 1 is 1.25 bits per heavy atom. The molecule has 108 valence electrons. The molecule has 3 rings (SSSR count). The van der Waals surface area contributed by atoms with Crippen molar-refractivity contribution in [2.75, 3.05) is 7.11 Å². The highest BCUT2D eigenvalue weighted by Crippen LogP contribution is 2.33. The summed E-state index contributed by atoms with van der Waals surface area (Å²) in [4.78, 5) is 14.7. The van der Waals surface area contributed by atoms with Gasteiger partial charge >= 0.3 is 0 Å². The minimum absolute atomic E-state index is 0.0910. The monoisotopic (exact) mass is 274 g/mol. The summed E-state index contributed by atoms with van der Waals surface area (Å²) < 4.78 is 5.42. The lowest BCUT2D eigenvalue weighted by Gasteiger charge is -2.28. The number of carbonyl (C=O) groups excluding carboxylic acids is 1. The molecule has 1 saturated heterocycles. The number of carbonyl (C=O) groups is 1. The minimum Gasteiger partial charge on any atom is -0.381 e. The van der Waals surface area contributed by atoms with Crippen molar-refractivity contribution in [2.24, 2.45) is 0 Å². The number of nitrogens with zero attached hydrogens (tertiary/aromatic N) is 1. The van der Waals surface area contributed by atoms with Crippen molar-refractivity contribution in [2.45, 2.75) is 50.5 Å². The fraction of sp³-hybridized carbons (Fsp3) is 0.562. The van der Waals surface area contributed by atoms with E-state index in [-0.39, 0.29) is 18.1 Å². The van der Waals surface area contributed by atoms with E-state index < -0.39 is 0 Å². The third-order valence-corrected chi connectivity index (χ3v) is 4.54. The van der Waals surface area contributed by atoms with Crippen molar-refractivity contribution in [1.82, 2.24) is 10.2 Å². The van der Waals surface area contributed by atoms with E-state index in [4.69, 9.17) is 4.74 Å². The van der Waals surface area contributed by atoms with Gasteiger partial charge in [-0.25, -0.2) is 0 Å². The smallest absolute Gasteiger partial charge is 0.245 e. The summed E-state index contributed by atoms with van der Waals surface area (Å²) in [6, 6.07) is 10.1. The van der Waals surface area contributed by atoms with Gasteiger partial charge in [-0.15, -0.1) is 0 Å². The lowest BCUT2D eigenvalue weighted by atomic mass is 10.1. The Bertz CT molecular complexity index is 477. The first kappa shape index (κ1) is 13.6. The molecule has 0 spiro atoms. The maximum atomic E-state index is 12.7. The second kappa shape index (κ2) is 5.54. The SMILES string of the molecule is COC1CCC(N2C(=O)C(c3ccccc3)NC2C)C1. The third kappa shape index (κ3) is 2.34. The highest BCUT2D eigenvalue weighted by molar-refractivity contribution is 5.86. The van der Waals surface area contributed by atoms with E-state index in [1.165, 1.54) is 0 Å². The molecular formula is C16H22N2O2. The van der Waals surface area contributed by atoms with Crippen molar-refractivity contribution in [3.05, 3.63) is 35.9 Å². The van der Waals surface area contributed by atoms with Gasteiger partial charge in [0.2, 0.25) is 5.91 Å². The van der Waals surface area contributed by atoms with E-state index in [2.05, 4.69) is 12.2 Å². The average Bonchev–Trinajstić information content (AvgIpc) is 3.04. The maximum Gasteiger partial charge on any atom is 0.245 e. The summed E-state index contributed by atoms with van der Waals surface area (Å²) in [6.07, 6.45) is 3.44. The van der Waals surface area contributed by atoms with Gasteiger partial charge in [0.25, 0.3) is 0 Å². The average molecular weight is 274 g/mol. The van der Waals surface area contributed by atoms with E-state index in [1.54, 1.807) is 7.11 Å². The maximum absolute atomic E-state index is 12.7. The van der Waals surface area contributed by atoms with Gasteiger partial charge in [-0.1, -0.05) is 30.3 Å². The van der Waals surface area contributed by atoms with Crippen molar-refractivity contribution in [1.29, 1.82) is 0 Å². The molecule has 4 heteroatoms. The van der Waals surface area contributed by atoms with Crippen molar-refractivity contribution in [3.8, 4) is 0 Å². The topological polar surface area (TPSA) is 41.6 Å². The number of rotatable bonds is 3. The quantitative estimate of drug-likeness (QED) is 0.917. The van der Waals surface area contributed by atoms with Gasteiger partial charge in [0, 0.05) is 13.2 Å². The Hall–Kier alpha value is -1.39. The Labute approximate surface area is 120 Å². The lowest BCUT2D eigenvalue weighted by molar-refractivity contribution is -0.132. The molecule has 1 amide bonds. The van der Waals surface area contributed by atoms with Crippen LogP contribution in [0.2, 0.25) is 0 Å². The molecule has 4 unspecified atom stereocenters. The number of methoxy groups -OCH3 is 1. The number of benzene rings is 1. The predicted molar refractivity (Wildman–Crippen MR) is 77.1 cm³/mol. The van der Waals surface area contributed by atoms with Crippen LogP contribution in [0.4, 0.5) is 0 Å². The van der Waals surface area contributed by atoms with E-state index >= 15 is 0 Å². The number of nitrogens with one attached hydrogen (secondary N) is 1. The van der Waals surface area contributed by atoms with Gasteiger partial charge in [-0.05, 0) is 31.7 Å². The van der Waals surface area contributed by atoms with Gasteiger partial charge < -0.3 is 9.64 Å². The predicted octanol–water partition coefficient (Wildman–Crippen LogP) is 2.07. The van der Waals surface area contributed by atoms with Crippen molar-refractivity contribution in [3.63, 3.8) is 0 Å². The van der Waals surface area contributed by atoms with E-state index in [0.29, 0.717) is 12.1 Å². The summed E-state index contributed by atoms with van der Waals surface area (Å²) >= 11 is 0. The van der Waals surface area contributed by atoms with Crippen LogP contribution in [0, 0.1) is 0 Å². The molecule has 0 aromatic heterocycles. The minimum atomic E-state index is -0.201. The van der Waals surface area contributed by atoms with E-state index in [9.17, 15) is 4.79 Å². The molecule has 20 heavy (non-hydrogen) atoms. The van der Waals surface area contributed by atoms with E-state index in [1.807, 2.05) is 35.2 Å². The molecule has 1 aromatic rings. The first-order chi connectivity index (χ1) is 9.70. The molecule has 1 aromatic carbocycles. The Morgan fingerprint density at radius 3 is 2.65 bits per heavy atom. The van der Waals surface area contributed by atoms with E-state index in [0.717, 1.165) is 24.8 Å². The standard InChI is InChI=1S/C16H22N2O2/c1-11-17-15(12-6-4-3-5-7-12)16(19)18(11)13-8-9-14(10-13)20-2/h3-7,11,13-15,17H,8-10H2,1-2H3. The molecule has 0 bridgehead atoms. The second-order valence-electron chi connectivity index (χ2n) is 5.76. The van der Waals surface area contributed by atoms with Gasteiger partial charge in [0.1, 0.15) is 6.04 Å². The number of amides is 1. The second-order valence-corrected chi connectivity index (χ2v) is 5.76. The van der Waals surface area contributed by atoms with Crippen LogP contribution < -0.4 is 5.32 Å². The van der Waals surface area contributed by atoms with Gasteiger partial charge in [-0.3, -0.25) is 10.1 Å². The van der Waals surface area contributed by atoms with Crippen molar-refractivity contribution < 1.29 is 9.53 Å². The van der Waals surface area contributed by atoms with Crippen LogP contribution in [-0.4, -0.2) is 36.2 Å². The Morgan fingerprint density at radius 2 is 2.00 bits per heavy atom. The molecule has 2 aliphatic rings. The van der Waals surface area contributed by atoms with Crippen LogP contribution in [0.3, 0.4) is 0 Å². The molecule has 1 heterocycles. The van der Waals surface area contributed by atoms with Crippen LogP contribution in [0.25, 0.3) is 0 Å². The zero-order valence-electron chi connectivity index (χ0n) is 12.1. The Balaban J connectivity index is 1.76. The van der Waals surface area contributed by atoms with Gasteiger partial charge in [-0.2, -0.15) is 0 Å². The highest BCUT2D eigenvalue weighted by atomic mass is 16.5. The summed E-state index contributed by atoms with van der Waals surface area (Å²) in [6.45, 7) is 2.07. The van der Waals surface area contributed by atoms with Crippen LogP contribution in [0.1, 0.15) is 37.8 Å².